The van der Waals surface area contributed by atoms with Crippen LogP contribution in [0.1, 0.15) is 28.9 Å². The maximum absolute atomic E-state index is 13.1. The number of hydrogen-bond donors (Lipinski definition) is 2. The van der Waals surface area contributed by atoms with Crippen molar-refractivity contribution in [2.24, 2.45) is 0 Å². The summed E-state index contributed by atoms with van der Waals surface area (Å²) >= 11 is 6.20. The van der Waals surface area contributed by atoms with Crippen molar-refractivity contribution < 1.29 is 18.3 Å². The van der Waals surface area contributed by atoms with Gasteiger partial charge in [-0.1, -0.05) is 41.9 Å². The second-order valence-corrected chi connectivity index (χ2v) is 9.53. The highest BCUT2D eigenvalue weighted by Gasteiger charge is 2.30. The Morgan fingerprint density at radius 1 is 1.13 bits per heavy atom. The van der Waals surface area contributed by atoms with Crippen molar-refractivity contribution >= 4 is 27.5 Å². The van der Waals surface area contributed by atoms with E-state index in [1.165, 1.54) is 22.5 Å². The first kappa shape index (κ1) is 22.7. The van der Waals surface area contributed by atoms with Crippen molar-refractivity contribution in [3.8, 4) is 0 Å². The van der Waals surface area contributed by atoms with Gasteiger partial charge in [0, 0.05) is 38.3 Å². The molecule has 2 aromatic rings. The maximum atomic E-state index is 13.1. The van der Waals surface area contributed by atoms with Crippen molar-refractivity contribution in [3.63, 3.8) is 0 Å². The summed E-state index contributed by atoms with van der Waals surface area (Å²) in [6.45, 7) is 4.10. The predicted molar refractivity (Wildman–Crippen MR) is 116 cm³/mol. The Kier molecular flexibility index (Phi) is 7.49. The first-order valence-corrected chi connectivity index (χ1v) is 11.6. The number of amides is 1. The normalized spacial score (nSPS) is 16.9. The number of sulfonamides is 1. The van der Waals surface area contributed by atoms with Gasteiger partial charge in [0.05, 0.1) is 17.7 Å². The van der Waals surface area contributed by atoms with Crippen LogP contribution in [0.2, 0.25) is 5.02 Å². The van der Waals surface area contributed by atoms with E-state index in [9.17, 15) is 13.2 Å². The van der Waals surface area contributed by atoms with E-state index in [2.05, 4.69) is 5.32 Å². The number of hydrogen-bond acceptors (Lipinski definition) is 5. The molecule has 9 heteroatoms. The minimum absolute atomic E-state index is 0.0388. The minimum Gasteiger partial charge on any atom is -0.395 e. The number of aliphatic hydroxyl groups is 1. The summed E-state index contributed by atoms with van der Waals surface area (Å²) in [6.07, 6.45) is 0. The molecule has 2 aromatic carbocycles. The average Bonchev–Trinajstić information content (AvgIpc) is 2.75. The Bertz CT molecular complexity index is 977. The van der Waals surface area contributed by atoms with Crippen LogP contribution in [0.15, 0.2) is 53.4 Å². The standard InChI is InChI=1S/C21H26ClN3O4S/c1-16(17-5-3-2-4-6-17)23-21(27)18-7-8-19(22)20(15-18)30(28,29)25-11-9-24(10-12-25)13-14-26/h2-8,15-16,26H,9-14H2,1H3,(H,23,27). The van der Waals surface area contributed by atoms with E-state index in [0.29, 0.717) is 32.7 Å². The van der Waals surface area contributed by atoms with E-state index < -0.39 is 10.0 Å². The second-order valence-electron chi connectivity index (χ2n) is 7.22. The van der Waals surface area contributed by atoms with Crippen molar-refractivity contribution in [1.82, 2.24) is 14.5 Å². The van der Waals surface area contributed by atoms with Gasteiger partial charge >= 0.3 is 0 Å². The lowest BCUT2D eigenvalue weighted by molar-refractivity contribution is 0.0939. The average molecular weight is 452 g/mol. The third-order valence-corrected chi connectivity index (χ3v) is 7.59. The molecule has 1 unspecified atom stereocenters. The Hall–Kier alpha value is -1.97. The molecule has 1 amide bonds. The number of nitrogens with one attached hydrogen (secondary N) is 1. The van der Waals surface area contributed by atoms with Gasteiger partial charge in [-0.3, -0.25) is 9.69 Å². The molecule has 2 N–H and O–H groups in total. The maximum Gasteiger partial charge on any atom is 0.251 e. The first-order chi connectivity index (χ1) is 14.3. The lowest BCUT2D eigenvalue weighted by Gasteiger charge is -2.33. The zero-order valence-corrected chi connectivity index (χ0v) is 18.4. The quantitative estimate of drug-likeness (QED) is 0.673. The predicted octanol–water partition coefficient (Wildman–Crippen LogP) is 2.13. The molecule has 1 heterocycles. The summed E-state index contributed by atoms with van der Waals surface area (Å²) in [5.74, 6) is -0.368. The fourth-order valence-electron chi connectivity index (χ4n) is 3.42. The van der Waals surface area contributed by atoms with Crippen molar-refractivity contribution in [3.05, 3.63) is 64.7 Å². The molecular weight excluding hydrogens is 426 g/mol. The minimum atomic E-state index is -3.84. The molecule has 0 aliphatic carbocycles. The van der Waals surface area contributed by atoms with Crippen LogP contribution in [0.4, 0.5) is 0 Å². The summed E-state index contributed by atoms with van der Waals surface area (Å²) in [7, 11) is -3.84. The molecule has 1 fully saturated rings. The molecule has 3 rings (SSSR count). The Morgan fingerprint density at radius 2 is 1.80 bits per heavy atom. The Labute approximate surface area is 182 Å². The number of benzene rings is 2. The van der Waals surface area contributed by atoms with Gasteiger partial charge in [0.15, 0.2) is 0 Å². The third-order valence-electron chi connectivity index (χ3n) is 5.21. The molecule has 1 aliphatic rings. The molecule has 0 bridgehead atoms. The molecule has 0 spiro atoms. The van der Waals surface area contributed by atoms with Crippen LogP contribution in [-0.2, 0) is 10.0 Å². The molecule has 0 aromatic heterocycles. The monoisotopic (exact) mass is 451 g/mol. The van der Waals surface area contributed by atoms with Crippen LogP contribution in [0.3, 0.4) is 0 Å². The van der Waals surface area contributed by atoms with Crippen molar-refractivity contribution in [2.75, 3.05) is 39.3 Å². The van der Waals surface area contributed by atoms with Crippen LogP contribution in [-0.4, -0.2) is 68.0 Å². The molecule has 1 aliphatic heterocycles. The van der Waals surface area contributed by atoms with Crippen LogP contribution in [0, 0.1) is 0 Å². The molecule has 7 nitrogen and oxygen atoms in total. The molecule has 162 valence electrons. The van der Waals surface area contributed by atoms with Gasteiger partial charge in [-0.2, -0.15) is 4.31 Å². The zero-order chi connectivity index (χ0) is 21.7. The van der Waals surface area contributed by atoms with Gasteiger partial charge in [0.2, 0.25) is 10.0 Å². The number of aliphatic hydroxyl groups excluding tert-OH is 1. The van der Waals surface area contributed by atoms with Crippen LogP contribution in [0.25, 0.3) is 0 Å². The van der Waals surface area contributed by atoms with Crippen LogP contribution < -0.4 is 5.32 Å². The van der Waals surface area contributed by atoms with Gasteiger partial charge in [-0.15, -0.1) is 0 Å². The van der Waals surface area contributed by atoms with Crippen molar-refractivity contribution in [1.29, 1.82) is 0 Å². The first-order valence-electron chi connectivity index (χ1n) is 9.81. The summed E-state index contributed by atoms with van der Waals surface area (Å²) in [6, 6.07) is 13.6. The van der Waals surface area contributed by atoms with Gasteiger partial charge in [0.1, 0.15) is 4.90 Å². The van der Waals surface area contributed by atoms with E-state index in [1.807, 2.05) is 42.2 Å². The summed E-state index contributed by atoms with van der Waals surface area (Å²) in [4.78, 5) is 14.6. The van der Waals surface area contributed by atoms with E-state index in [1.54, 1.807) is 0 Å². The molecule has 0 radical (unpaired) electrons. The highest BCUT2D eigenvalue weighted by molar-refractivity contribution is 7.89. The van der Waals surface area contributed by atoms with Gasteiger partial charge in [0.25, 0.3) is 5.91 Å². The highest BCUT2D eigenvalue weighted by Crippen LogP contribution is 2.27. The lowest BCUT2D eigenvalue weighted by atomic mass is 10.1. The molecule has 1 saturated heterocycles. The van der Waals surface area contributed by atoms with Crippen LogP contribution in [0.5, 0.6) is 0 Å². The Morgan fingerprint density at radius 3 is 2.43 bits per heavy atom. The number of nitrogens with zero attached hydrogens (tertiary/aromatic N) is 2. The second kappa shape index (κ2) is 9.89. The molecule has 0 saturated carbocycles. The van der Waals surface area contributed by atoms with E-state index in [-0.39, 0.29) is 34.0 Å². The topological polar surface area (TPSA) is 90.0 Å². The molecule has 1 atom stereocenters. The number of β-amino-alcohol motifs (C(OH)–C–C–N with tert-alkyl or cyclic N) is 1. The zero-order valence-electron chi connectivity index (χ0n) is 16.8. The third kappa shape index (κ3) is 5.19. The summed E-state index contributed by atoms with van der Waals surface area (Å²) in [5.41, 5.74) is 1.19. The van der Waals surface area contributed by atoms with Crippen molar-refractivity contribution in [2.45, 2.75) is 17.9 Å². The largest absolute Gasteiger partial charge is 0.395 e. The summed E-state index contributed by atoms with van der Waals surface area (Å²) < 4.78 is 27.6. The van der Waals surface area contributed by atoms with Crippen LogP contribution >= 0.6 is 11.6 Å². The fourth-order valence-corrected chi connectivity index (χ4v) is 5.34. The number of halogens is 1. The fraction of sp³-hybridized carbons (Fsp3) is 0.381. The SMILES string of the molecule is CC(NC(=O)c1ccc(Cl)c(S(=O)(=O)N2CCN(CCO)CC2)c1)c1ccccc1. The number of carbonyl (C=O) groups is 1. The number of carbonyl (C=O) groups excluding carboxylic acids is 1. The van der Waals surface area contributed by atoms with E-state index in [0.717, 1.165) is 5.56 Å². The van der Waals surface area contributed by atoms with Gasteiger partial charge in [-0.25, -0.2) is 8.42 Å². The highest BCUT2D eigenvalue weighted by atomic mass is 35.5. The number of rotatable bonds is 7. The molecular formula is C21H26ClN3O4S. The lowest BCUT2D eigenvalue weighted by Crippen LogP contribution is -2.49. The van der Waals surface area contributed by atoms with Gasteiger partial charge < -0.3 is 10.4 Å². The van der Waals surface area contributed by atoms with Gasteiger partial charge in [-0.05, 0) is 30.7 Å². The summed E-state index contributed by atoms with van der Waals surface area (Å²) in [5, 5.41) is 12.0. The smallest absolute Gasteiger partial charge is 0.251 e. The van der Waals surface area contributed by atoms with E-state index >= 15 is 0 Å². The Balaban J connectivity index is 1.77. The number of piperazine rings is 1. The molecule has 30 heavy (non-hydrogen) atoms. The van der Waals surface area contributed by atoms with E-state index in [4.69, 9.17) is 16.7 Å².